The summed E-state index contributed by atoms with van der Waals surface area (Å²) < 4.78 is 17.6. The Morgan fingerprint density at radius 3 is 2.50 bits per heavy atom. The van der Waals surface area contributed by atoms with Crippen LogP contribution in [-0.4, -0.2) is 75.8 Å². The summed E-state index contributed by atoms with van der Waals surface area (Å²) in [7, 11) is 0. The normalized spacial score (nSPS) is 51.0. The predicted octanol–water partition coefficient (Wildman–Crippen LogP) is 0.449. The molecule has 2 bridgehead atoms. The number of hydrogen-bond acceptors (Lipinski definition) is 9. The number of carbonyl (C=O) groups is 3. The van der Waals surface area contributed by atoms with E-state index in [1.54, 1.807) is 34.6 Å². The molecule has 186 valence electrons. The Balaban J connectivity index is 1.70. The molecule has 4 unspecified atom stereocenters. The Labute approximate surface area is 197 Å². The van der Waals surface area contributed by atoms with Gasteiger partial charge >= 0.3 is 11.9 Å². The van der Waals surface area contributed by atoms with Gasteiger partial charge in [0.2, 0.25) is 6.10 Å². The van der Waals surface area contributed by atoms with Crippen molar-refractivity contribution >= 4 is 17.7 Å². The molecule has 0 aromatic carbocycles. The molecule has 2 aliphatic heterocycles. The molecule has 1 spiro atoms. The van der Waals surface area contributed by atoms with Gasteiger partial charge in [-0.3, -0.25) is 4.79 Å². The summed E-state index contributed by atoms with van der Waals surface area (Å²) in [6.07, 6.45) is -3.32. The molecular weight excluding hydrogens is 444 g/mol. The SMILES string of the molecule is CC(C)=CC(=O)O[C@H]1C(=O)OC2CC3C(C)=CC(=O)[C@@H](O)[C@@]3(C)C3[C@@H](O)[C@H](O)[C@]4(C)OC[C@]23C14. The molecule has 0 radical (unpaired) electrons. The molecule has 5 aliphatic rings. The van der Waals surface area contributed by atoms with Crippen molar-refractivity contribution in [1.82, 2.24) is 0 Å². The number of carbonyl (C=O) groups excluding carboxylic acids is 3. The number of fused-ring (bicyclic) bond motifs is 2. The second-order valence-electron chi connectivity index (χ2n) is 11.3. The average molecular weight is 477 g/mol. The zero-order valence-electron chi connectivity index (χ0n) is 20.0. The van der Waals surface area contributed by atoms with Crippen LogP contribution in [-0.2, 0) is 28.6 Å². The maximum absolute atomic E-state index is 13.2. The maximum atomic E-state index is 13.2. The first kappa shape index (κ1) is 23.7. The minimum atomic E-state index is -1.45. The number of ketones is 1. The van der Waals surface area contributed by atoms with E-state index < -0.39 is 76.5 Å². The van der Waals surface area contributed by atoms with Gasteiger partial charge < -0.3 is 29.5 Å². The highest BCUT2D eigenvalue weighted by molar-refractivity contribution is 5.96. The fourth-order valence-corrected chi connectivity index (χ4v) is 8.07. The van der Waals surface area contributed by atoms with Crippen molar-refractivity contribution in [2.45, 2.75) is 77.2 Å². The van der Waals surface area contributed by atoms with Gasteiger partial charge in [0.1, 0.15) is 23.9 Å². The van der Waals surface area contributed by atoms with E-state index in [4.69, 9.17) is 14.2 Å². The van der Waals surface area contributed by atoms with Gasteiger partial charge in [0.15, 0.2) is 5.78 Å². The number of allylic oxidation sites excluding steroid dienone is 2. The molecule has 9 heteroatoms. The van der Waals surface area contributed by atoms with Gasteiger partial charge in [0, 0.05) is 22.8 Å². The number of aliphatic hydroxyl groups excluding tert-OH is 3. The van der Waals surface area contributed by atoms with Crippen LogP contribution >= 0.6 is 0 Å². The minimum Gasteiger partial charge on any atom is -0.459 e. The second kappa shape index (κ2) is 7.22. The minimum absolute atomic E-state index is 0.0214. The quantitative estimate of drug-likeness (QED) is 0.383. The Hall–Kier alpha value is -2.07. The van der Waals surface area contributed by atoms with E-state index in [-0.39, 0.29) is 12.5 Å². The van der Waals surface area contributed by atoms with E-state index in [0.717, 1.165) is 5.57 Å². The van der Waals surface area contributed by atoms with Gasteiger partial charge in [-0.15, -0.1) is 0 Å². The highest BCUT2D eigenvalue weighted by Crippen LogP contribution is 2.72. The fourth-order valence-electron chi connectivity index (χ4n) is 8.07. The van der Waals surface area contributed by atoms with Gasteiger partial charge in [-0.05, 0) is 46.1 Å². The topological polar surface area (TPSA) is 140 Å². The van der Waals surface area contributed by atoms with Gasteiger partial charge in [-0.1, -0.05) is 18.1 Å². The van der Waals surface area contributed by atoms with Crippen LogP contribution in [0.5, 0.6) is 0 Å². The number of aliphatic hydroxyl groups is 3. The molecule has 0 aromatic heterocycles. The number of rotatable bonds is 2. The van der Waals surface area contributed by atoms with Crippen molar-refractivity contribution in [1.29, 1.82) is 0 Å². The summed E-state index contributed by atoms with van der Waals surface area (Å²) >= 11 is 0. The standard InChI is InChI=1S/C25H32O9/c1-10(2)6-15(27)34-17-19-24(5)21(30)16(28)18-23(4)12(11(3)7-13(26)20(23)29)8-14(33-22(17)31)25(18,19)9-32-24/h6-7,12,14,16-21,28-30H,8-9H2,1-5H3/t12?,14?,16-,17-,18?,19?,20-,21+,23-,24-,25+/m1/s1. The van der Waals surface area contributed by atoms with E-state index in [1.165, 1.54) is 12.2 Å². The second-order valence-corrected chi connectivity index (χ2v) is 11.3. The van der Waals surface area contributed by atoms with E-state index in [1.807, 2.05) is 0 Å². The molecule has 11 atom stereocenters. The number of ether oxygens (including phenoxy) is 3. The smallest absolute Gasteiger partial charge is 0.348 e. The van der Waals surface area contributed by atoms with E-state index >= 15 is 0 Å². The summed E-state index contributed by atoms with van der Waals surface area (Å²) in [4.78, 5) is 38.5. The average Bonchev–Trinajstić information content (AvgIpc) is 3.01. The zero-order chi connectivity index (χ0) is 25.0. The van der Waals surface area contributed by atoms with Crippen LogP contribution in [0.2, 0.25) is 0 Å². The van der Waals surface area contributed by atoms with Crippen molar-refractivity contribution in [3.8, 4) is 0 Å². The van der Waals surface area contributed by atoms with Crippen molar-refractivity contribution < 1.29 is 43.9 Å². The van der Waals surface area contributed by atoms with E-state index in [0.29, 0.717) is 12.0 Å². The molecule has 0 aromatic rings. The molecule has 0 amide bonds. The van der Waals surface area contributed by atoms with Crippen LogP contribution in [0.3, 0.4) is 0 Å². The lowest BCUT2D eigenvalue weighted by molar-refractivity contribution is -0.297. The Kier molecular flexibility index (Phi) is 5.03. The lowest BCUT2D eigenvalue weighted by Crippen LogP contribution is -2.78. The Morgan fingerprint density at radius 2 is 1.85 bits per heavy atom. The van der Waals surface area contributed by atoms with Gasteiger partial charge in [0.05, 0.1) is 18.6 Å². The maximum Gasteiger partial charge on any atom is 0.348 e. The predicted molar refractivity (Wildman–Crippen MR) is 116 cm³/mol. The van der Waals surface area contributed by atoms with Crippen molar-refractivity contribution in [2.75, 3.05) is 6.61 Å². The van der Waals surface area contributed by atoms with Gasteiger partial charge in [-0.2, -0.15) is 0 Å². The molecule has 3 N–H and O–H groups in total. The third-order valence-corrected chi connectivity index (χ3v) is 9.35. The Bertz CT molecular complexity index is 1030. The van der Waals surface area contributed by atoms with Gasteiger partial charge in [-0.25, -0.2) is 9.59 Å². The molecule has 2 saturated carbocycles. The largest absolute Gasteiger partial charge is 0.459 e. The molecule has 2 heterocycles. The van der Waals surface area contributed by atoms with Crippen LogP contribution in [0.25, 0.3) is 0 Å². The van der Waals surface area contributed by atoms with E-state index in [9.17, 15) is 29.7 Å². The van der Waals surface area contributed by atoms with Crippen molar-refractivity contribution in [2.24, 2.45) is 28.6 Å². The molecule has 2 saturated heterocycles. The summed E-state index contributed by atoms with van der Waals surface area (Å²) in [5, 5.41) is 34.0. The number of esters is 2. The van der Waals surface area contributed by atoms with Crippen LogP contribution in [0.1, 0.15) is 41.0 Å². The van der Waals surface area contributed by atoms with Crippen LogP contribution in [0.15, 0.2) is 23.3 Å². The third kappa shape index (κ3) is 2.67. The lowest BCUT2D eigenvalue weighted by atomic mass is 9.38. The summed E-state index contributed by atoms with van der Waals surface area (Å²) in [6.45, 7) is 8.61. The zero-order valence-corrected chi connectivity index (χ0v) is 20.0. The molecule has 34 heavy (non-hydrogen) atoms. The first-order valence-corrected chi connectivity index (χ1v) is 11.8. The summed E-state index contributed by atoms with van der Waals surface area (Å²) in [5.41, 5.74) is -2.21. The van der Waals surface area contributed by atoms with Crippen molar-refractivity contribution in [3.05, 3.63) is 23.3 Å². The number of hydrogen-bond donors (Lipinski definition) is 3. The first-order chi connectivity index (χ1) is 15.8. The molecule has 4 fully saturated rings. The van der Waals surface area contributed by atoms with E-state index in [2.05, 4.69) is 0 Å². The lowest BCUT2D eigenvalue weighted by Gasteiger charge is -2.68. The van der Waals surface area contributed by atoms with Crippen LogP contribution in [0, 0.1) is 28.6 Å². The molecular formula is C25H32O9. The highest BCUT2D eigenvalue weighted by atomic mass is 16.6. The third-order valence-electron chi connectivity index (χ3n) is 9.35. The van der Waals surface area contributed by atoms with Gasteiger partial charge in [0.25, 0.3) is 0 Å². The molecule has 9 nitrogen and oxygen atoms in total. The van der Waals surface area contributed by atoms with Crippen LogP contribution in [0.4, 0.5) is 0 Å². The fraction of sp³-hybridized carbons (Fsp3) is 0.720. The Morgan fingerprint density at radius 1 is 1.18 bits per heavy atom. The van der Waals surface area contributed by atoms with Crippen molar-refractivity contribution in [3.63, 3.8) is 0 Å². The molecule has 3 aliphatic carbocycles. The summed E-state index contributed by atoms with van der Waals surface area (Å²) in [6, 6.07) is 0. The summed E-state index contributed by atoms with van der Waals surface area (Å²) in [5.74, 6) is -3.97. The monoisotopic (exact) mass is 476 g/mol. The van der Waals surface area contributed by atoms with Crippen LogP contribution < -0.4 is 0 Å². The molecule has 5 rings (SSSR count). The highest BCUT2D eigenvalue weighted by Gasteiger charge is 2.82. The first-order valence-electron chi connectivity index (χ1n) is 11.8.